The van der Waals surface area contributed by atoms with E-state index in [0.717, 1.165) is 16.7 Å². The molecule has 4 rings (SSSR count). The molecule has 0 aliphatic heterocycles. The lowest BCUT2D eigenvalue weighted by Crippen LogP contribution is -2.22. The van der Waals surface area contributed by atoms with Gasteiger partial charge in [0.05, 0.1) is 27.1 Å². The van der Waals surface area contributed by atoms with Gasteiger partial charge in [-0.05, 0) is 54.1 Å². The number of benzene rings is 3. The Labute approximate surface area is 179 Å². The van der Waals surface area contributed by atoms with E-state index in [0.29, 0.717) is 11.1 Å². The molecule has 160 valence electrons. The minimum absolute atomic E-state index is 0.0198. The quantitative estimate of drug-likeness (QED) is 0.313. The Hall–Kier alpha value is -4.27. The van der Waals surface area contributed by atoms with Gasteiger partial charge in [-0.15, -0.1) is 0 Å². The van der Waals surface area contributed by atoms with Crippen molar-refractivity contribution in [3.8, 4) is 5.69 Å². The van der Waals surface area contributed by atoms with E-state index >= 15 is 0 Å². The molecule has 0 atom stereocenters. The Balaban J connectivity index is 1.88. The van der Waals surface area contributed by atoms with E-state index < -0.39 is 22.2 Å². The summed E-state index contributed by atoms with van der Waals surface area (Å²) in [6, 6.07) is 16.7. The topological polar surface area (TPSA) is 78.0 Å². The predicted octanol–water partition coefficient (Wildman–Crippen LogP) is 5.48. The van der Waals surface area contributed by atoms with Gasteiger partial charge in [-0.3, -0.25) is 19.5 Å². The Morgan fingerprint density at radius 2 is 1.66 bits per heavy atom. The summed E-state index contributed by atoms with van der Waals surface area (Å²) in [5, 5.41) is 11.1. The smallest absolute Gasteiger partial charge is 0.268 e. The number of fused-ring (bicyclic) bond motifs is 1. The molecule has 32 heavy (non-hydrogen) atoms. The van der Waals surface area contributed by atoms with E-state index in [1.807, 2.05) is 0 Å². The molecular weight excluding hydrogens is 423 g/mol. The lowest BCUT2D eigenvalue weighted by molar-refractivity contribution is -0.384. The van der Waals surface area contributed by atoms with Crippen molar-refractivity contribution in [3.63, 3.8) is 0 Å². The van der Waals surface area contributed by atoms with E-state index in [1.165, 1.54) is 42.5 Å². The number of para-hydroxylation sites is 1. The van der Waals surface area contributed by atoms with Crippen molar-refractivity contribution in [2.24, 2.45) is 0 Å². The molecule has 3 aromatic carbocycles. The highest BCUT2D eigenvalue weighted by Gasteiger charge is 2.30. The molecule has 0 amide bonds. The van der Waals surface area contributed by atoms with Gasteiger partial charge >= 0.3 is 6.18 Å². The van der Waals surface area contributed by atoms with Gasteiger partial charge in [0, 0.05) is 12.1 Å². The number of alkyl halides is 3. The Morgan fingerprint density at radius 3 is 2.34 bits per heavy atom. The third-order valence-corrected chi connectivity index (χ3v) is 4.76. The predicted molar refractivity (Wildman–Crippen MR) is 114 cm³/mol. The molecule has 6 nitrogen and oxygen atoms in total. The summed E-state index contributed by atoms with van der Waals surface area (Å²) < 4.78 is 40.8. The largest absolute Gasteiger partial charge is 0.416 e. The number of rotatable bonds is 4. The van der Waals surface area contributed by atoms with Crippen LogP contribution < -0.4 is 5.56 Å². The third-order valence-electron chi connectivity index (χ3n) is 4.76. The van der Waals surface area contributed by atoms with Gasteiger partial charge in [0.15, 0.2) is 0 Å². The number of nitrogens with zero attached hydrogens (tertiary/aromatic N) is 3. The lowest BCUT2D eigenvalue weighted by atomic mass is 10.1. The number of hydrogen-bond donors (Lipinski definition) is 0. The molecule has 9 heteroatoms. The molecule has 1 heterocycles. The molecule has 0 spiro atoms. The van der Waals surface area contributed by atoms with Gasteiger partial charge in [0.2, 0.25) is 0 Å². The summed E-state index contributed by atoms with van der Waals surface area (Å²) in [6.45, 7) is 0. The van der Waals surface area contributed by atoms with Gasteiger partial charge in [-0.2, -0.15) is 13.2 Å². The van der Waals surface area contributed by atoms with Crippen molar-refractivity contribution < 1.29 is 18.1 Å². The van der Waals surface area contributed by atoms with Gasteiger partial charge in [0.25, 0.3) is 11.2 Å². The van der Waals surface area contributed by atoms with Gasteiger partial charge < -0.3 is 0 Å². The van der Waals surface area contributed by atoms with Crippen LogP contribution in [0.4, 0.5) is 18.9 Å². The van der Waals surface area contributed by atoms with Crippen LogP contribution in [-0.4, -0.2) is 14.5 Å². The third kappa shape index (κ3) is 4.13. The van der Waals surface area contributed by atoms with Crippen molar-refractivity contribution in [1.29, 1.82) is 0 Å². The first-order valence-corrected chi connectivity index (χ1v) is 9.36. The van der Waals surface area contributed by atoms with Gasteiger partial charge in [0.1, 0.15) is 5.82 Å². The Kier molecular flexibility index (Phi) is 5.31. The number of hydrogen-bond acceptors (Lipinski definition) is 4. The molecule has 0 saturated carbocycles. The number of non-ortho nitro benzene ring substituents is 1. The average Bonchev–Trinajstić information content (AvgIpc) is 2.77. The molecule has 0 bridgehead atoms. The number of aromatic nitrogens is 2. The van der Waals surface area contributed by atoms with E-state index in [4.69, 9.17) is 0 Å². The van der Waals surface area contributed by atoms with Crippen molar-refractivity contribution in [1.82, 2.24) is 9.55 Å². The summed E-state index contributed by atoms with van der Waals surface area (Å²) in [6.07, 6.45) is -1.52. The highest BCUT2D eigenvalue weighted by atomic mass is 19.4. The zero-order valence-electron chi connectivity index (χ0n) is 16.3. The molecule has 0 N–H and O–H groups in total. The monoisotopic (exact) mass is 437 g/mol. The molecule has 1 aromatic heterocycles. The fourth-order valence-electron chi connectivity index (χ4n) is 3.21. The second kappa shape index (κ2) is 8.10. The maximum absolute atomic E-state index is 13.2. The molecule has 0 unspecified atom stereocenters. The van der Waals surface area contributed by atoms with Crippen LogP contribution in [0.3, 0.4) is 0 Å². The Morgan fingerprint density at radius 1 is 0.938 bits per heavy atom. The highest BCUT2D eigenvalue weighted by Crippen LogP contribution is 2.30. The minimum Gasteiger partial charge on any atom is -0.268 e. The van der Waals surface area contributed by atoms with Crippen LogP contribution in [0.1, 0.15) is 17.0 Å². The van der Waals surface area contributed by atoms with Crippen molar-refractivity contribution in [2.75, 3.05) is 0 Å². The lowest BCUT2D eigenvalue weighted by Gasteiger charge is -2.13. The maximum Gasteiger partial charge on any atom is 0.416 e. The fourth-order valence-corrected chi connectivity index (χ4v) is 3.21. The normalized spacial score (nSPS) is 11.8. The molecular formula is C23H14F3N3O3. The summed E-state index contributed by atoms with van der Waals surface area (Å²) in [7, 11) is 0. The fraction of sp³-hybridized carbons (Fsp3) is 0.0435. The zero-order valence-corrected chi connectivity index (χ0v) is 16.3. The van der Waals surface area contributed by atoms with E-state index in [9.17, 15) is 28.1 Å². The van der Waals surface area contributed by atoms with Crippen LogP contribution in [0.15, 0.2) is 77.6 Å². The standard InChI is InChI=1S/C23H14F3N3O3/c24-23(25,26)16-4-3-5-18(14-16)28-21(27-20-7-2-1-6-19(20)22(28)30)13-10-15-8-11-17(12-9-15)29(31)32/h1-14H/b13-10+. The van der Waals surface area contributed by atoms with E-state index in [-0.39, 0.29) is 22.6 Å². The molecule has 0 radical (unpaired) electrons. The molecule has 0 aliphatic rings. The summed E-state index contributed by atoms with van der Waals surface area (Å²) in [4.78, 5) is 27.9. The SMILES string of the molecule is O=c1c2ccccc2nc(/C=C/c2ccc([N+](=O)[O-])cc2)n1-c1cccc(C(F)(F)F)c1. The number of nitro benzene ring substituents is 1. The summed E-state index contributed by atoms with van der Waals surface area (Å²) >= 11 is 0. The zero-order chi connectivity index (χ0) is 22.9. The average molecular weight is 437 g/mol. The van der Waals surface area contributed by atoms with Gasteiger partial charge in [-0.25, -0.2) is 4.98 Å². The first-order valence-electron chi connectivity index (χ1n) is 9.36. The molecule has 0 saturated heterocycles. The summed E-state index contributed by atoms with van der Waals surface area (Å²) in [5.74, 6) is 0.117. The highest BCUT2D eigenvalue weighted by molar-refractivity contribution is 5.80. The van der Waals surface area contributed by atoms with Crippen LogP contribution >= 0.6 is 0 Å². The van der Waals surface area contributed by atoms with Crippen LogP contribution in [-0.2, 0) is 6.18 Å². The van der Waals surface area contributed by atoms with Crippen LogP contribution in [0, 0.1) is 10.1 Å². The van der Waals surface area contributed by atoms with Crippen LogP contribution in [0.2, 0.25) is 0 Å². The van der Waals surface area contributed by atoms with E-state index in [1.54, 1.807) is 30.3 Å². The van der Waals surface area contributed by atoms with Gasteiger partial charge in [-0.1, -0.05) is 24.3 Å². The molecule has 0 aliphatic carbocycles. The Bertz CT molecular complexity index is 1410. The van der Waals surface area contributed by atoms with Crippen LogP contribution in [0.25, 0.3) is 28.7 Å². The maximum atomic E-state index is 13.2. The summed E-state index contributed by atoms with van der Waals surface area (Å²) in [5.41, 5.74) is -0.477. The van der Waals surface area contributed by atoms with E-state index in [2.05, 4.69) is 4.98 Å². The minimum atomic E-state index is -4.57. The molecule has 0 fully saturated rings. The van der Waals surface area contributed by atoms with Crippen molar-refractivity contribution in [3.05, 3.63) is 110 Å². The molecule has 4 aromatic rings. The van der Waals surface area contributed by atoms with Crippen molar-refractivity contribution >= 4 is 28.7 Å². The second-order valence-electron chi connectivity index (χ2n) is 6.86. The van der Waals surface area contributed by atoms with Crippen molar-refractivity contribution in [2.45, 2.75) is 6.18 Å². The first kappa shape index (κ1) is 21.0. The number of nitro groups is 1. The second-order valence-corrected chi connectivity index (χ2v) is 6.86. The first-order chi connectivity index (χ1) is 15.2. The van der Waals surface area contributed by atoms with Crippen LogP contribution in [0.5, 0.6) is 0 Å². The number of halogens is 3.